The van der Waals surface area contributed by atoms with Crippen LogP contribution in [0.4, 0.5) is 0 Å². The van der Waals surface area contributed by atoms with Crippen molar-refractivity contribution >= 4 is 24.4 Å². The number of aromatic hydroxyl groups is 1. The lowest BCUT2D eigenvalue weighted by atomic mass is 10.1. The lowest BCUT2D eigenvalue weighted by Gasteiger charge is -2.31. The molecule has 10 heteroatoms. The zero-order valence-corrected chi connectivity index (χ0v) is 14.3. The fourth-order valence-electron chi connectivity index (χ4n) is 3.46. The highest BCUT2D eigenvalue weighted by molar-refractivity contribution is 7.92. The van der Waals surface area contributed by atoms with Crippen LogP contribution in [0.25, 0.3) is 0 Å². The molecule has 9 nitrogen and oxygen atoms in total. The predicted octanol–water partition coefficient (Wildman–Crippen LogP) is 0.0839. The molecule has 1 aromatic heterocycles. The number of likely N-dealkylation sites (N-methyl/N-ethyl adjacent to an activating group) is 1. The van der Waals surface area contributed by atoms with Gasteiger partial charge in [0.1, 0.15) is 0 Å². The van der Waals surface area contributed by atoms with Crippen LogP contribution in [0.5, 0.6) is 5.75 Å². The van der Waals surface area contributed by atoms with Gasteiger partial charge in [0.05, 0.1) is 42.7 Å². The molecule has 2 atom stereocenters. The second-order valence-electron chi connectivity index (χ2n) is 5.81. The van der Waals surface area contributed by atoms with E-state index in [4.69, 9.17) is 4.18 Å². The van der Waals surface area contributed by atoms with E-state index in [1.54, 1.807) is 23.1 Å². The van der Waals surface area contributed by atoms with Crippen LogP contribution in [0.1, 0.15) is 45.0 Å². The first-order valence-corrected chi connectivity index (χ1v) is 8.03. The lowest BCUT2D eigenvalue weighted by Crippen LogP contribution is -2.41. The molecule has 0 aliphatic carbocycles. The monoisotopic (exact) mass is 354 g/mol. The number of rotatable bonds is 5. The van der Waals surface area contributed by atoms with Crippen molar-refractivity contribution in [1.29, 1.82) is 0 Å². The summed E-state index contributed by atoms with van der Waals surface area (Å²) in [6, 6.07) is -0.476. The standard InChI is InChI=1S/C14H18N4O5S/c1-16-5-7-4-9(15-17(2)24-23-3)10-8(6-19)12(20)13(21)11(14(16)22)18(7)10/h6-7,9,15,21H,4-5H2,1-3H3. The third-order valence-corrected chi connectivity index (χ3v) is 4.82. The van der Waals surface area contributed by atoms with Gasteiger partial charge in [-0.05, 0) is 6.42 Å². The molecular formula is C14H18N4O5S. The summed E-state index contributed by atoms with van der Waals surface area (Å²) in [7, 11) is 4.88. The Morgan fingerprint density at radius 2 is 2.17 bits per heavy atom. The third-order valence-electron chi connectivity index (χ3n) is 4.34. The number of amides is 1. The minimum atomic E-state index is -0.815. The van der Waals surface area contributed by atoms with Crippen LogP contribution in [0.2, 0.25) is 0 Å². The average molecular weight is 354 g/mol. The van der Waals surface area contributed by atoms with Gasteiger partial charge >= 0.3 is 0 Å². The fourth-order valence-corrected chi connectivity index (χ4v) is 3.85. The number of carbonyl (C=O) groups excluding carboxylic acids is 2. The van der Waals surface area contributed by atoms with Gasteiger partial charge < -0.3 is 18.8 Å². The number of nitrogens with one attached hydrogen (secondary N) is 1. The fraction of sp³-hybridized carbons (Fsp3) is 0.500. The Labute approximate surface area is 142 Å². The number of pyridine rings is 1. The van der Waals surface area contributed by atoms with Gasteiger partial charge in [0.15, 0.2) is 17.7 Å². The Balaban J connectivity index is 2.18. The Kier molecular flexibility index (Phi) is 4.38. The minimum absolute atomic E-state index is 0.0503. The first-order chi connectivity index (χ1) is 11.4. The number of carbonyl (C=O) groups is 2. The van der Waals surface area contributed by atoms with E-state index in [-0.39, 0.29) is 23.3 Å². The molecule has 130 valence electrons. The summed E-state index contributed by atoms with van der Waals surface area (Å²) in [5, 5.41) is 10.2. The summed E-state index contributed by atoms with van der Waals surface area (Å²) in [5.74, 6) is -1.09. The Bertz CT molecular complexity index is 765. The molecule has 3 heterocycles. The number of nitrogens with zero attached hydrogens (tertiary/aromatic N) is 3. The molecule has 1 aromatic rings. The molecule has 0 saturated carbocycles. The summed E-state index contributed by atoms with van der Waals surface area (Å²) in [5.41, 5.74) is 2.59. The van der Waals surface area contributed by atoms with E-state index in [9.17, 15) is 19.5 Å². The maximum atomic E-state index is 12.4. The molecule has 2 aliphatic heterocycles. The van der Waals surface area contributed by atoms with E-state index in [1.807, 2.05) is 0 Å². The molecule has 24 heavy (non-hydrogen) atoms. The van der Waals surface area contributed by atoms with Gasteiger partial charge in [0.2, 0.25) is 5.43 Å². The Hall–Kier alpha value is -1.88. The molecule has 1 amide bonds. The Morgan fingerprint density at radius 3 is 2.79 bits per heavy atom. The summed E-state index contributed by atoms with van der Waals surface area (Å²) in [6.45, 7) is 0.443. The molecular weight excluding hydrogens is 336 g/mol. The minimum Gasteiger partial charge on any atom is -0.503 e. The van der Waals surface area contributed by atoms with Crippen molar-refractivity contribution in [2.45, 2.75) is 18.5 Å². The second kappa shape index (κ2) is 6.20. The molecule has 0 fully saturated rings. The third kappa shape index (κ3) is 2.42. The first-order valence-electron chi connectivity index (χ1n) is 7.33. The van der Waals surface area contributed by atoms with Crippen molar-refractivity contribution in [3.05, 3.63) is 27.2 Å². The summed E-state index contributed by atoms with van der Waals surface area (Å²) in [4.78, 5) is 37.7. The van der Waals surface area contributed by atoms with Crippen LogP contribution in [-0.4, -0.2) is 58.9 Å². The summed E-state index contributed by atoms with van der Waals surface area (Å²) >= 11 is 1.06. The summed E-state index contributed by atoms with van der Waals surface area (Å²) < 4.78 is 8.21. The second-order valence-corrected chi connectivity index (χ2v) is 6.84. The number of hydrogen-bond donors (Lipinski definition) is 2. The van der Waals surface area contributed by atoms with Gasteiger partial charge in [-0.1, -0.05) is 0 Å². The number of hydrogen-bond acceptors (Lipinski definition) is 8. The van der Waals surface area contributed by atoms with E-state index in [2.05, 4.69) is 5.43 Å². The quantitative estimate of drug-likeness (QED) is 0.332. The number of aldehydes is 1. The van der Waals surface area contributed by atoms with E-state index in [0.29, 0.717) is 24.9 Å². The maximum absolute atomic E-state index is 12.4. The zero-order valence-electron chi connectivity index (χ0n) is 13.5. The first kappa shape index (κ1) is 17.0. The molecule has 2 unspecified atom stereocenters. The molecule has 0 radical (unpaired) electrons. The van der Waals surface area contributed by atoms with E-state index in [1.165, 1.54) is 12.0 Å². The smallest absolute Gasteiger partial charge is 0.274 e. The molecule has 0 aromatic carbocycles. The van der Waals surface area contributed by atoms with Gasteiger partial charge in [0.25, 0.3) is 5.91 Å². The van der Waals surface area contributed by atoms with Gasteiger partial charge in [-0.3, -0.25) is 14.4 Å². The number of aromatic nitrogens is 1. The van der Waals surface area contributed by atoms with E-state index < -0.39 is 17.1 Å². The molecule has 0 bridgehead atoms. The van der Waals surface area contributed by atoms with Gasteiger partial charge in [-0.2, -0.15) is 4.41 Å². The molecule has 0 spiro atoms. The largest absolute Gasteiger partial charge is 0.503 e. The van der Waals surface area contributed by atoms with Crippen LogP contribution in [0.15, 0.2) is 4.79 Å². The van der Waals surface area contributed by atoms with Crippen molar-refractivity contribution in [3.63, 3.8) is 0 Å². The average Bonchev–Trinajstić information content (AvgIpc) is 2.86. The predicted molar refractivity (Wildman–Crippen MR) is 86.6 cm³/mol. The van der Waals surface area contributed by atoms with Crippen molar-refractivity contribution in [2.75, 3.05) is 27.7 Å². The highest BCUT2D eigenvalue weighted by atomic mass is 32.2. The molecule has 2 aliphatic rings. The SMILES string of the molecule is COSN(C)NC1CC2CN(C)C(=O)c3c(O)c(=O)c(C=O)c1n32. The topological polar surface area (TPSA) is 104 Å². The maximum Gasteiger partial charge on any atom is 0.274 e. The molecule has 3 rings (SSSR count). The van der Waals surface area contributed by atoms with Crippen molar-refractivity contribution < 1.29 is 18.9 Å². The number of hydrazine groups is 1. The highest BCUT2D eigenvalue weighted by Crippen LogP contribution is 2.41. The highest BCUT2D eigenvalue weighted by Gasteiger charge is 2.43. The van der Waals surface area contributed by atoms with Gasteiger partial charge in [-0.25, -0.2) is 5.43 Å². The molecule has 0 saturated heterocycles. The van der Waals surface area contributed by atoms with Crippen molar-refractivity contribution in [1.82, 2.24) is 19.3 Å². The van der Waals surface area contributed by atoms with E-state index >= 15 is 0 Å². The normalized spacial score (nSPS) is 22.2. The van der Waals surface area contributed by atoms with Crippen LogP contribution < -0.4 is 10.9 Å². The van der Waals surface area contributed by atoms with Crippen molar-refractivity contribution in [2.24, 2.45) is 0 Å². The lowest BCUT2D eigenvalue weighted by molar-refractivity contribution is 0.0713. The summed E-state index contributed by atoms with van der Waals surface area (Å²) in [6.07, 6.45) is 1.01. The Morgan fingerprint density at radius 1 is 1.46 bits per heavy atom. The van der Waals surface area contributed by atoms with Crippen LogP contribution in [0.3, 0.4) is 0 Å². The van der Waals surface area contributed by atoms with E-state index in [0.717, 1.165) is 12.2 Å². The van der Waals surface area contributed by atoms with Crippen LogP contribution in [0, 0.1) is 0 Å². The van der Waals surface area contributed by atoms with Crippen molar-refractivity contribution in [3.8, 4) is 5.75 Å². The van der Waals surface area contributed by atoms with Crippen LogP contribution in [-0.2, 0) is 4.18 Å². The van der Waals surface area contributed by atoms with Crippen LogP contribution >= 0.6 is 12.2 Å². The van der Waals surface area contributed by atoms with Gasteiger partial charge in [0, 0.05) is 20.6 Å². The molecule has 2 N–H and O–H groups in total. The van der Waals surface area contributed by atoms with Gasteiger partial charge in [-0.15, -0.1) is 0 Å². The zero-order chi connectivity index (χ0) is 17.6.